The normalized spacial score (nSPS) is 11.2. The largest absolute Gasteiger partial charge is 0.494 e. The molecule has 0 heterocycles. The van der Waals surface area contributed by atoms with Crippen molar-refractivity contribution in [3.05, 3.63) is 48.0 Å². The maximum absolute atomic E-state index is 12.4. The van der Waals surface area contributed by atoms with Crippen LogP contribution in [-0.2, 0) is 4.79 Å². The van der Waals surface area contributed by atoms with Gasteiger partial charge in [0, 0.05) is 11.8 Å². The van der Waals surface area contributed by atoms with E-state index in [1.807, 2.05) is 13.8 Å². The second kappa shape index (κ2) is 9.33. The lowest BCUT2D eigenvalue weighted by Crippen LogP contribution is -2.30. The fourth-order valence-electron chi connectivity index (χ4n) is 2.23. The fraction of sp³-hybridized carbons (Fsp3) is 0.300. The van der Waals surface area contributed by atoms with Gasteiger partial charge >= 0.3 is 0 Å². The van der Waals surface area contributed by atoms with Crippen LogP contribution in [0.15, 0.2) is 42.5 Å². The van der Waals surface area contributed by atoms with E-state index in [0.29, 0.717) is 36.0 Å². The quantitative estimate of drug-likeness (QED) is 0.781. The lowest BCUT2D eigenvalue weighted by Gasteiger charge is -2.17. The van der Waals surface area contributed by atoms with E-state index in [1.54, 1.807) is 49.4 Å². The summed E-state index contributed by atoms with van der Waals surface area (Å²) >= 11 is 0. The van der Waals surface area contributed by atoms with Gasteiger partial charge in [0.2, 0.25) is 0 Å². The van der Waals surface area contributed by atoms with Crippen molar-refractivity contribution in [1.82, 2.24) is 0 Å². The summed E-state index contributed by atoms with van der Waals surface area (Å²) in [5.41, 5.74) is 1.12. The number of carbonyl (C=O) groups excluding carboxylic acids is 1. The molecular formula is C20H22N2O4. The maximum Gasteiger partial charge on any atom is 0.265 e. The van der Waals surface area contributed by atoms with Crippen LogP contribution in [0.4, 0.5) is 5.69 Å². The minimum absolute atomic E-state index is 0.291. The average molecular weight is 354 g/mol. The average Bonchev–Trinajstić information content (AvgIpc) is 2.65. The summed E-state index contributed by atoms with van der Waals surface area (Å²) in [6, 6.07) is 14.0. The minimum Gasteiger partial charge on any atom is -0.494 e. The van der Waals surface area contributed by atoms with E-state index in [0.717, 1.165) is 5.75 Å². The molecule has 0 unspecified atom stereocenters. The standard InChI is InChI=1S/C20H22N2O4/c1-4-24-17-9-7-16(8-10-17)22-20(23)14(3)26-18-11-6-15(13-21)12-19(18)25-5-2/h6-12,14H,4-5H2,1-3H3,(H,22,23)/t14-/m1/s1. The van der Waals surface area contributed by atoms with E-state index >= 15 is 0 Å². The Labute approximate surface area is 153 Å². The monoisotopic (exact) mass is 354 g/mol. The van der Waals surface area contributed by atoms with Crippen LogP contribution < -0.4 is 19.5 Å². The number of nitriles is 1. The number of nitrogens with one attached hydrogen (secondary N) is 1. The third-order valence-electron chi connectivity index (χ3n) is 3.48. The van der Waals surface area contributed by atoms with Gasteiger partial charge in [0.15, 0.2) is 17.6 Å². The first-order chi connectivity index (χ1) is 12.6. The predicted molar refractivity (Wildman–Crippen MR) is 98.7 cm³/mol. The summed E-state index contributed by atoms with van der Waals surface area (Å²) in [6.45, 7) is 6.42. The first-order valence-corrected chi connectivity index (χ1v) is 8.44. The lowest BCUT2D eigenvalue weighted by atomic mass is 10.2. The molecule has 6 nitrogen and oxygen atoms in total. The van der Waals surface area contributed by atoms with Crippen LogP contribution in [0.1, 0.15) is 26.3 Å². The topological polar surface area (TPSA) is 80.6 Å². The summed E-state index contributed by atoms with van der Waals surface area (Å²) in [5, 5.41) is 11.8. The molecule has 136 valence electrons. The highest BCUT2D eigenvalue weighted by Gasteiger charge is 2.17. The zero-order valence-corrected chi connectivity index (χ0v) is 15.1. The second-order valence-electron chi connectivity index (χ2n) is 5.41. The van der Waals surface area contributed by atoms with Gasteiger partial charge in [0.05, 0.1) is 24.8 Å². The lowest BCUT2D eigenvalue weighted by molar-refractivity contribution is -0.122. The molecule has 2 rings (SSSR count). The third-order valence-corrected chi connectivity index (χ3v) is 3.48. The number of nitrogens with zero attached hydrogens (tertiary/aromatic N) is 1. The molecule has 0 saturated carbocycles. The Morgan fingerprint density at radius 2 is 1.77 bits per heavy atom. The molecule has 2 aromatic carbocycles. The molecule has 2 aromatic rings. The van der Waals surface area contributed by atoms with Gasteiger partial charge < -0.3 is 19.5 Å². The maximum atomic E-state index is 12.4. The molecule has 0 bridgehead atoms. The Bertz CT molecular complexity index is 781. The summed E-state index contributed by atoms with van der Waals surface area (Å²) in [4.78, 5) is 12.4. The SMILES string of the molecule is CCOc1ccc(NC(=O)[C@@H](C)Oc2ccc(C#N)cc2OCC)cc1. The molecular weight excluding hydrogens is 332 g/mol. The van der Waals surface area contributed by atoms with E-state index in [-0.39, 0.29) is 5.91 Å². The van der Waals surface area contributed by atoms with E-state index in [2.05, 4.69) is 11.4 Å². The molecule has 0 radical (unpaired) electrons. The molecule has 26 heavy (non-hydrogen) atoms. The predicted octanol–water partition coefficient (Wildman–Crippen LogP) is 3.76. The number of benzene rings is 2. The molecule has 0 aliphatic rings. The highest BCUT2D eigenvalue weighted by molar-refractivity contribution is 5.94. The van der Waals surface area contributed by atoms with Crippen molar-refractivity contribution >= 4 is 11.6 Å². The zero-order chi connectivity index (χ0) is 18.9. The number of hydrogen-bond acceptors (Lipinski definition) is 5. The molecule has 6 heteroatoms. The van der Waals surface area contributed by atoms with E-state index in [9.17, 15) is 4.79 Å². The Balaban J connectivity index is 2.03. The number of ether oxygens (including phenoxy) is 3. The Morgan fingerprint density at radius 1 is 1.08 bits per heavy atom. The molecule has 1 N–H and O–H groups in total. The van der Waals surface area contributed by atoms with Gasteiger partial charge in [0.1, 0.15) is 5.75 Å². The smallest absolute Gasteiger partial charge is 0.265 e. The van der Waals surface area contributed by atoms with Gasteiger partial charge in [0.25, 0.3) is 5.91 Å². The number of rotatable bonds is 8. The summed E-state index contributed by atoms with van der Waals surface area (Å²) in [7, 11) is 0. The minimum atomic E-state index is -0.742. The second-order valence-corrected chi connectivity index (χ2v) is 5.41. The Hall–Kier alpha value is -3.20. The van der Waals surface area contributed by atoms with Crippen molar-refractivity contribution in [3.63, 3.8) is 0 Å². The number of carbonyl (C=O) groups is 1. The van der Waals surface area contributed by atoms with Gasteiger partial charge in [-0.05, 0) is 57.2 Å². The van der Waals surface area contributed by atoms with Crippen LogP contribution in [-0.4, -0.2) is 25.2 Å². The first-order valence-electron chi connectivity index (χ1n) is 8.44. The van der Waals surface area contributed by atoms with Crippen LogP contribution >= 0.6 is 0 Å². The molecule has 0 aromatic heterocycles. The van der Waals surface area contributed by atoms with Crippen molar-refractivity contribution in [3.8, 4) is 23.3 Å². The van der Waals surface area contributed by atoms with Gasteiger partial charge in [-0.1, -0.05) is 0 Å². The summed E-state index contributed by atoms with van der Waals surface area (Å²) < 4.78 is 16.6. The van der Waals surface area contributed by atoms with Crippen LogP contribution in [0, 0.1) is 11.3 Å². The highest BCUT2D eigenvalue weighted by Crippen LogP contribution is 2.29. The van der Waals surface area contributed by atoms with Crippen molar-refractivity contribution in [2.45, 2.75) is 26.9 Å². The van der Waals surface area contributed by atoms with Crippen molar-refractivity contribution < 1.29 is 19.0 Å². The van der Waals surface area contributed by atoms with Gasteiger partial charge in [-0.15, -0.1) is 0 Å². The van der Waals surface area contributed by atoms with Gasteiger partial charge in [-0.3, -0.25) is 4.79 Å². The van der Waals surface area contributed by atoms with E-state index < -0.39 is 6.10 Å². The van der Waals surface area contributed by atoms with Crippen LogP contribution in [0.5, 0.6) is 17.2 Å². The summed E-state index contributed by atoms with van der Waals surface area (Å²) in [6.07, 6.45) is -0.742. The molecule has 0 aliphatic carbocycles. The van der Waals surface area contributed by atoms with Crippen LogP contribution in [0.25, 0.3) is 0 Å². The molecule has 1 amide bonds. The molecule has 0 saturated heterocycles. The Morgan fingerprint density at radius 3 is 2.38 bits per heavy atom. The molecule has 0 aliphatic heterocycles. The molecule has 0 spiro atoms. The van der Waals surface area contributed by atoms with Crippen molar-refractivity contribution in [2.24, 2.45) is 0 Å². The molecule has 0 fully saturated rings. The number of anilines is 1. The van der Waals surface area contributed by atoms with Crippen molar-refractivity contribution in [1.29, 1.82) is 5.26 Å². The van der Waals surface area contributed by atoms with Crippen LogP contribution in [0.3, 0.4) is 0 Å². The summed E-state index contributed by atoms with van der Waals surface area (Å²) in [5.74, 6) is 1.31. The first kappa shape index (κ1) is 19.1. The van der Waals surface area contributed by atoms with Crippen LogP contribution in [0.2, 0.25) is 0 Å². The highest BCUT2D eigenvalue weighted by atomic mass is 16.5. The number of amides is 1. The fourth-order valence-corrected chi connectivity index (χ4v) is 2.23. The van der Waals surface area contributed by atoms with Crippen molar-refractivity contribution in [2.75, 3.05) is 18.5 Å². The number of hydrogen-bond donors (Lipinski definition) is 1. The molecule has 1 atom stereocenters. The van der Waals surface area contributed by atoms with Gasteiger partial charge in [-0.25, -0.2) is 0 Å². The van der Waals surface area contributed by atoms with E-state index in [1.165, 1.54) is 0 Å². The third kappa shape index (κ3) is 5.15. The van der Waals surface area contributed by atoms with Gasteiger partial charge in [-0.2, -0.15) is 5.26 Å². The Kier molecular flexibility index (Phi) is 6.86. The zero-order valence-electron chi connectivity index (χ0n) is 15.1. The van der Waals surface area contributed by atoms with E-state index in [4.69, 9.17) is 19.5 Å².